The van der Waals surface area contributed by atoms with Gasteiger partial charge in [0.05, 0.1) is 22.4 Å². The molecule has 0 spiro atoms. The number of phenols is 1. The molecular formula is C26H18N2O7S. The number of amides is 3. The standard InChI is InChI=1S/C26H18N2O7S/c27-23(30)18-10-3-4-11-20(18)36-21-13-19(22(29)17-9-2-1-8-16(17)21)24(31)28(26(34)35)15-7-5-6-14(12-15)25(32)33/h1-13,29H,(H2,27,30)(H,32,33)(H,34,35). The Morgan fingerprint density at radius 1 is 0.750 bits per heavy atom. The molecule has 0 fully saturated rings. The minimum Gasteiger partial charge on any atom is -0.506 e. The Hall–Kier alpha value is -4.83. The molecule has 0 aliphatic rings. The summed E-state index contributed by atoms with van der Waals surface area (Å²) in [6.07, 6.45) is -1.66. The van der Waals surface area contributed by atoms with Crippen molar-refractivity contribution < 1.29 is 34.5 Å². The Morgan fingerprint density at radius 2 is 1.42 bits per heavy atom. The van der Waals surface area contributed by atoms with E-state index < -0.39 is 29.6 Å². The number of benzene rings is 4. The van der Waals surface area contributed by atoms with Crippen LogP contribution in [-0.2, 0) is 0 Å². The number of imide groups is 1. The first-order valence-corrected chi connectivity index (χ1v) is 11.2. The number of hydrogen-bond donors (Lipinski definition) is 4. The third-order valence-corrected chi connectivity index (χ3v) is 6.46. The molecule has 0 heterocycles. The van der Waals surface area contributed by atoms with Crippen molar-refractivity contribution in [1.82, 2.24) is 0 Å². The SMILES string of the molecule is NC(=O)c1ccccc1Sc1cc(C(=O)N(C(=O)O)c2cccc(C(=O)O)c2)c(O)c2ccccc12. The minimum atomic E-state index is -1.66. The van der Waals surface area contributed by atoms with Gasteiger partial charge in [-0.3, -0.25) is 9.59 Å². The molecule has 10 heteroatoms. The van der Waals surface area contributed by atoms with Gasteiger partial charge in [0.25, 0.3) is 5.91 Å². The molecular weight excluding hydrogens is 484 g/mol. The predicted octanol–water partition coefficient (Wildman–Crippen LogP) is 4.82. The number of carbonyl (C=O) groups is 4. The molecule has 4 aromatic carbocycles. The quantitative estimate of drug-likeness (QED) is 0.292. The smallest absolute Gasteiger partial charge is 0.419 e. The molecule has 180 valence electrons. The van der Waals surface area contributed by atoms with Crippen molar-refractivity contribution in [3.63, 3.8) is 0 Å². The Balaban J connectivity index is 1.88. The van der Waals surface area contributed by atoms with E-state index >= 15 is 0 Å². The first kappa shape index (κ1) is 24.3. The van der Waals surface area contributed by atoms with Crippen LogP contribution >= 0.6 is 11.8 Å². The highest BCUT2D eigenvalue weighted by Gasteiger charge is 2.29. The number of fused-ring (bicyclic) bond motifs is 1. The molecule has 4 rings (SSSR count). The average Bonchev–Trinajstić information content (AvgIpc) is 2.86. The predicted molar refractivity (Wildman–Crippen MR) is 133 cm³/mol. The van der Waals surface area contributed by atoms with Crippen molar-refractivity contribution in [3.8, 4) is 5.75 Å². The lowest BCUT2D eigenvalue weighted by molar-refractivity contribution is 0.0696. The van der Waals surface area contributed by atoms with Crippen LogP contribution in [0.25, 0.3) is 10.8 Å². The van der Waals surface area contributed by atoms with E-state index in [0.717, 1.165) is 17.8 Å². The zero-order valence-corrected chi connectivity index (χ0v) is 19.2. The van der Waals surface area contributed by atoms with Crippen LogP contribution in [0.1, 0.15) is 31.1 Å². The number of aromatic hydroxyl groups is 1. The molecule has 0 radical (unpaired) electrons. The average molecular weight is 503 g/mol. The van der Waals surface area contributed by atoms with Crippen molar-refractivity contribution in [1.29, 1.82) is 0 Å². The van der Waals surface area contributed by atoms with Gasteiger partial charge in [-0.05, 0) is 41.8 Å². The number of carbonyl (C=O) groups excluding carboxylic acids is 2. The molecule has 0 aromatic heterocycles. The van der Waals surface area contributed by atoms with E-state index in [1.54, 1.807) is 48.5 Å². The number of phenolic OH excluding ortho intramolecular Hbond substituents is 1. The van der Waals surface area contributed by atoms with E-state index in [2.05, 4.69) is 0 Å². The van der Waals surface area contributed by atoms with Crippen molar-refractivity contribution >= 4 is 52.1 Å². The monoisotopic (exact) mass is 502 g/mol. The first-order chi connectivity index (χ1) is 17.2. The zero-order chi connectivity index (χ0) is 26.0. The number of hydrogen-bond acceptors (Lipinski definition) is 6. The second-order valence-corrected chi connectivity index (χ2v) is 8.64. The summed E-state index contributed by atoms with van der Waals surface area (Å²) in [7, 11) is 0. The summed E-state index contributed by atoms with van der Waals surface area (Å²) in [6.45, 7) is 0. The number of carboxylic acids is 1. The third kappa shape index (κ3) is 4.57. The molecule has 0 aliphatic heterocycles. The molecule has 9 nitrogen and oxygen atoms in total. The molecule has 0 saturated carbocycles. The third-order valence-electron chi connectivity index (χ3n) is 5.33. The molecule has 0 atom stereocenters. The highest BCUT2D eigenvalue weighted by Crippen LogP contribution is 2.41. The van der Waals surface area contributed by atoms with Crippen LogP contribution in [0.15, 0.2) is 88.7 Å². The van der Waals surface area contributed by atoms with Crippen LogP contribution in [0.5, 0.6) is 5.75 Å². The highest BCUT2D eigenvalue weighted by molar-refractivity contribution is 7.99. The van der Waals surface area contributed by atoms with Gasteiger partial charge in [-0.25, -0.2) is 14.5 Å². The van der Waals surface area contributed by atoms with Gasteiger partial charge in [0.2, 0.25) is 5.91 Å². The number of primary amides is 1. The summed E-state index contributed by atoms with van der Waals surface area (Å²) in [5, 5.41) is 30.9. The molecule has 36 heavy (non-hydrogen) atoms. The fraction of sp³-hybridized carbons (Fsp3) is 0. The number of aromatic carboxylic acids is 1. The lowest BCUT2D eigenvalue weighted by atomic mass is 10.0. The van der Waals surface area contributed by atoms with Crippen molar-refractivity contribution in [2.45, 2.75) is 9.79 Å². The molecule has 5 N–H and O–H groups in total. The second-order valence-electron chi connectivity index (χ2n) is 7.56. The molecule has 3 amide bonds. The van der Waals surface area contributed by atoms with Crippen LogP contribution < -0.4 is 10.6 Å². The Bertz CT molecular complexity index is 1550. The maximum absolute atomic E-state index is 13.5. The Kier molecular flexibility index (Phi) is 6.62. The van der Waals surface area contributed by atoms with Crippen molar-refractivity contribution in [3.05, 3.63) is 95.6 Å². The van der Waals surface area contributed by atoms with Gasteiger partial charge in [0.1, 0.15) is 5.75 Å². The largest absolute Gasteiger partial charge is 0.506 e. The van der Waals surface area contributed by atoms with Gasteiger partial charge in [0, 0.05) is 15.2 Å². The van der Waals surface area contributed by atoms with E-state index in [4.69, 9.17) is 5.73 Å². The number of carboxylic acid groups (broad SMARTS) is 2. The summed E-state index contributed by atoms with van der Waals surface area (Å²) in [5.74, 6) is -3.47. The lowest BCUT2D eigenvalue weighted by Gasteiger charge is -2.20. The topological polar surface area (TPSA) is 158 Å². The number of nitrogens with two attached hydrogens (primary N) is 1. The zero-order valence-electron chi connectivity index (χ0n) is 18.4. The van der Waals surface area contributed by atoms with Crippen molar-refractivity contribution in [2.75, 3.05) is 4.90 Å². The van der Waals surface area contributed by atoms with E-state index in [1.165, 1.54) is 24.3 Å². The van der Waals surface area contributed by atoms with Gasteiger partial charge in [-0.2, -0.15) is 0 Å². The fourth-order valence-electron chi connectivity index (χ4n) is 3.66. The lowest BCUT2D eigenvalue weighted by Crippen LogP contribution is -2.36. The van der Waals surface area contributed by atoms with Gasteiger partial charge < -0.3 is 21.1 Å². The van der Waals surface area contributed by atoms with E-state index in [-0.39, 0.29) is 27.8 Å². The maximum atomic E-state index is 13.5. The van der Waals surface area contributed by atoms with Crippen LogP contribution in [0.2, 0.25) is 0 Å². The summed E-state index contributed by atoms with van der Waals surface area (Å²) in [6, 6.07) is 19.5. The van der Waals surface area contributed by atoms with Crippen molar-refractivity contribution in [2.24, 2.45) is 5.73 Å². The van der Waals surface area contributed by atoms with Gasteiger partial charge in [-0.1, -0.05) is 54.2 Å². The van der Waals surface area contributed by atoms with E-state index in [9.17, 15) is 34.5 Å². The Morgan fingerprint density at radius 3 is 2.08 bits per heavy atom. The highest BCUT2D eigenvalue weighted by atomic mass is 32.2. The molecule has 0 aliphatic carbocycles. The van der Waals surface area contributed by atoms with Crippen LogP contribution in [0.3, 0.4) is 0 Å². The van der Waals surface area contributed by atoms with Gasteiger partial charge >= 0.3 is 12.1 Å². The second kappa shape index (κ2) is 9.80. The number of nitrogens with zero attached hydrogens (tertiary/aromatic N) is 1. The summed E-state index contributed by atoms with van der Waals surface area (Å²) >= 11 is 1.13. The van der Waals surface area contributed by atoms with E-state index in [0.29, 0.717) is 20.1 Å². The number of anilines is 1. The van der Waals surface area contributed by atoms with Crippen LogP contribution in [-0.4, -0.2) is 39.2 Å². The Labute approximate surface area is 208 Å². The van der Waals surface area contributed by atoms with E-state index in [1.807, 2.05) is 0 Å². The first-order valence-electron chi connectivity index (χ1n) is 10.4. The summed E-state index contributed by atoms with van der Waals surface area (Å²) < 4.78 is 0. The molecule has 0 unspecified atom stereocenters. The van der Waals surface area contributed by atoms with Crippen LogP contribution in [0.4, 0.5) is 10.5 Å². The van der Waals surface area contributed by atoms with Crippen LogP contribution in [0, 0.1) is 0 Å². The maximum Gasteiger partial charge on any atom is 0.419 e. The molecule has 0 saturated heterocycles. The molecule has 0 bridgehead atoms. The normalized spacial score (nSPS) is 10.7. The fourth-order valence-corrected chi connectivity index (χ4v) is 4.79. The number of rotatable bonds is 6. The van der Waals surface area contributed by atoms with Gasteiger partial charge in [-0.15, -0.1) is 0 Å². The minimum absolute atomic E-state index is 0.201. The van der Waals surface area contributed by atoms with Gasteiger partial charge in [0.15, 0.2) is 0 Å². The summed E-state index contributed by atoms with van der Waals surface area (Å²) in [5.41, 5.74) is 5.01. The summed E-state index contributed by atoms with van der Waals surface area (Å²) in [4.78, 5) is 50.1. The molecule has 4 aromatic rings.